The summed E-state index contributed by atoms with van der Waals surface area (Å²) in [6, 6.07) is 3.94. The monoisotopic (exact) mass is 332 g/mol. The van der Waals surface area contributed by atoms with Crippen LogP contribution in [0.4, 0.5) is 0 Å². The number of nitrogens with zero attached hydrogens (tertiary/aromatic N) is 3. The van der Waals surface area contributed by atoms with E-state index in [9.17, 15) is 10.1 Å². The lowest BCUT2D eigenvalue weighted by molar-refractivity contribution is -0.119. The van der Waals surface area contributed by atoms with Gasteiger partial charge in [-0.1, -0.05) is 11.8 Å². The van der Waals surface area contributed by atoms with Crippen LogP contribution >= 0.6 is 11.8 Å². The molecule has 2 heterocycles. The average molecular weight is 332 g/mol. The number of nitrogens with one attached hydrogen (secondary N) is 1. The molecule has 2 aromatic heterocycles. The predicted octanol–water partition coefficient (Wildman–Crippen LogP) is 2.54. The summed E-state index contributed by atoms with van der Waals surface area (Å²) in [6.45, 7) is 3.57. The van der Waals surface area contributed by atoms with E-state index in [2.05, 4.69) is 21.6 Å². The van der Waals surface area contributed by atoms with Gasteiger partial charge in [-0.05, 0) is 38.7 Å². The van der Waals surface area contributed by atoms with E-state index >= 15 is 0 Å². The SMILES string of the molecule is Cc1occc1-c1nnc(SCC(=O)NC(C)(C#N)C2CC2)o1. The van der Waals surface area contributed by atoms with Gasteiger partial charge in [0.2, 0.25) is 5.91 Å². The molecular weight excluding hydrogens is 316 g/mol. The lowest BCUT2D eigenvalue weighted by Gasteiger charge is -2.22. The summed E-state index contributed by atoms with van der Waals surface area (Å²) in [5.74, 6) is 1.21. The summed E-state index contributed by atoms with van der Waals surface area (Å²) in [5, 5.41) is 20.2. The minimum absolute atomic E-state index is 0.121. The molecule has 3 rings (SSSR count). The number of amides is 1. The Morgan fingerprint density at radius 1 is 1.57 bits per heavy atom. The number of thioether (sulfide) groups is 1. The number of aryl methyl sites for hydroxylation is 1. The van der Waals surface area contributed by atoms with Crippen LogP contribution in [0.3, 0.4) is 0 Å². The number of carbonyl (C=O) groups excluding carboxylic acids is 1. The van der Waals surface area contributed by atoms with Crippen molar-refractivity contribution in [2.75, 3.05) is 5.75 Å². The fourth-order valence-corrected chi connectivity index (χ4v) is 2.88. The first-order valence-electron chi connectivity index (χ1n) is 7.25. The van der Waals surface area contributed by atoms with E-state index in [1.54, 1.807) is 26.2 Å². The third kappa shape index (κ3) is 3.40. The highest BCUT2D eigenvalue weighted by Crippen LogP contribution is 2.39. The Bertz CT molecular complexity index is 759. The number of hydrogen-bond acceptors (Lipinski definition) is 7. The van der Waals surface area contributed by atoms with E-state index in [1.807, 2.05) is 0 Å². The van der Waals surface area contributed by atoms with Crippen LogP contribution in [0.25, 0.3) is 11.5 Å². The van der Waals surface area contributed by atoms with Crippen LogP contribution < -0.4 is 5.32 Å². The maximum atomic E-state index is 12.0. The van der Waals surface area contributed by atoms with Gasteiger partial charge in [-0.2, -0.15) is 5.26 Å². The molecule has 8 heteroatoms. The number of hydrogen-bond donors (Lipinski definition) is 1. The lowest BCUT2D eigenvalue weighted by Crippen LogP contribution is -2.47. The molecule has 1 N–H and O–H groups in total. The van der Waals surface area contributed by atoms with Crippen LogP contribution in [0, 0.1) is 24.2 Å². The van der Waals surface area contributed by atoms with Gasteiger partial charge in [0.25, 0.3) is 11.1 Å². The Hall–Kier alpha value is -2.27. The number of aromatic nitrogens is 2. The van der Waals surface area contributed by atoms with Gasteiger partial charge >= 0.3 is 0 Å². The van der Waals surface area contributed by atoms with Crippen molar-refractivity contribution in [3.63, 3.8) is 0 Å². The average Bonchev–Trinajstić information content (AvgIpc) is 3.16. The minimum Gasteiger partial charge on any atom is -0.469 e. The van der Waals surface area contributed by atoms with Crippen LogP contribution in [0.15, 0.2) is 26.4 Å². The zero-order valence-electron chi connectivity index (χ0n) is 12.8. The summed E-state index contributed by atoms with van der Waals surface area (Å²) in [5.41, 5.74) is -0.0504. The zero-order valence-corrected chi connectivity index (χ0v) is 13.6. The van der Waals surface area contributed by atoms with E-state index in [-0.39, 0.29) is 17.6 Å². The predicted molar refractivity (Wildman–Crippen MR) is 82.3 cm³/mol. The van der Waals surface area contributed by atoms with Crippen molar-refractivity contribution in [1.29, 1.82) is 5.26 Å². The molecular formula is C15H16N4O3S. The van der Waals surface area contributed by atoms with Crippen molar-refractivity contribution in [3.8, 4) is 17.5 Å². The van der Waals surface area contributed by atoms with Gasteiger partial charge in [0.15, 0.2) is 0 Å². The number of furan rings is 1. The molecule has 0 radical (unpaired) electrons. The Kier molecular flexibility index (Phi) is 4.13. The fraction of sp³-hybridized carbons (Fsp3) is 0.467. The van der Waals surface area contributed by atoms with E-state index in [1.165, 1.54) is 0 Å². The highest BCUT2D eigenvalue weighted by atomic mass is 32.2. The van der Waals surface area contributed by atoms with Crippen LogP contribution in [0.1, 0.15) is 25.5 Å². The molecule has 1 saturated carbocycles. The molecule has 1 fully saturated rings. The molecule has 120 valence electrons. The van der Waals surface area contributed by atoms with Crippen molar-refractivity contribution >= 4 is 17.7 Å². The van der Waals surface area contributed by atoms with Gasteiger partial charge in [0.05, 0.1) is 23.6 Å². The summed E-state index contributed by atoms with van der Waals surface area (Å²) >= 11 is 1.14. The van der Waals surface area contributed by atoms with E-state index in [4.69, 9.17) is 8.83 Å². The molecule has 0 aliphatic heterocycles. The largest absolute Gasteiger partial charge is 0.469 e. The summed E-state index contributed by atoms with van der Waals surface area (Å²) in [6.07, 6.45) is 3.51. The normalized spacial score (nSPS) is 16.6. The third-order valence-electron chi connectivity index (χ3n) is 3.85. The molecule has 0 spiro atoms. The zero-order chi connectivity index (χ0) is 16.4. The van der Waals surface area contributed by atoms with E-state index < -0.39 is 5.54 Å². The topological polar surface area (TPSA) is 105 Å². The van der Waals surface area contributed by atoms with Crippen molar-refractivity contribution in [2.24, 2.45) is 5.92 Å². The van der Waals surface area contributed by atoms with Gasteiger partial charge in [-0.25, -0.2) is 0 Å². The molecule has 23 heavy (non-hydrogen) atoms. The lowest BCUT2D eigenvalue weighted by atomic mass is 9.98. The van der Waals surface area contributed by atoms with Gasteiger partial charge in [0.1, 0.15) is 11.3 Å². The first-order chi connectivity index (χ1) is 11.0. The second-order valence-electron chi connectivity index (χ2n) is 5.69. The Morgan fingerprint density at radius 2 is 2.35 bits per heavy atom. The molecule has 7 nitrogen and oxygen atoms in total. The van der Waals surface area contributed by atoms with Crippen molar-refractivity contribution < 1.29 is 13.6 Å². The van der Waals surface area contributed by atoms with Gasteiger partial charge in [-0.15, -0.1) is 10.2 Å². The van der Waals surface area contributed by atoms with Crippen molar-refractivity contribution in [1.82, 2.24) is 15.5 Å². The number of carbonyl (C=O) groups is 1. The molecule has 0 saturated heterocycles. The Labute approximate surface area is 137 Å². The van der Waals surface area contributed by atoms with E-state index in [0.717, 1.165) is 30.2 Å². The number of nitriles is 1. The van der Waals surface area contributed by atoms with E-state index in [0.29, 0.717) is 16.9 Å². The van der Waals surface area contributed by atoms with Gasteiger partial charge in [-0.3, -0.25) is 4.79 Å². The Morgan fingerprint density at radius 3 is 2.96 bits per heavy atom. The minimum atomic E-state index is -0.786. The van der Waals surface area contributed by atoms with Crippen LogP contribution in [0.5, 0.6) is 0 Å². The van der Waals surface area contributed by atoms with Crippen LogP contribution in [0.2, 0.25) is 0 Å². The highest BCUT2D eigenvalue weighted by Gasteiger charge is 2.42. The standard InChI is InChI=1S/C15H16N4O3S/c1-9-11(5-6-21-9)13-18-19-14(22-13)23-7-12(20)17-15(2,8-16)10-3-4-10/h5-6,10H,3-4,7H2,1-2H3,(H,17,20). The van der Waals surface area contributed by atoms with Crippen molar-refractivity contribution in [3.05, 3.63) is 18.1 Å². The maximum Gasteiger partial charge on any atom is 0.277 e. The van der Waals surface area contributed by atoms with Crippen LogP contribution in [-0.4, -0.2) is 27.4 Å². The van der Waals surface area contributed by atoms with Gasteiger partial charge < -0.3 is 14.2 Å². The van der Waals surface area contributed by atoms with Gasteiger partial charge in [0, 0.05) is 0 Å². The quantitative estimate of drug-likeness (QED) is 0.810. The molecule has 2 aromatic rings. The third-order valence-corrected chi connectivity index (χ3v) is 4.67. The first-order valence-corrected chi connectivity index (χ1v) is 8.23. The summed E-state index contributed by atoms with van der Waals surface area (Å²) in [4.78, 5) is 12.0. The maximum absolute atomic E-state index is 12.0. The second-order valence-corrected chi connectivity index (χ2v) is 6.62. The first kappa shape index (κ1) is 15.6. The molecule has 1 atom stereocenters. The number of rotatable bonds is 6. The van der Waals surface area contributed by atoms with Crippen molar-refractivity contribution in [2.45, 2.75) is 37.5 Å². The molecule has 0 aromatic carbocycles. The fourth-order valence-electron chi connectivity index (χ4n) is 2.32. The summed E-state index contributed by atoms with van der Waals surface area (Å²) < 4.78 is 10.7. The molecule has 1 amide bonds. The second kappa shape index (κ2) is 6.08. The highest BCUT2D eigenvalue weighted by molar-refractivity contribution is 7.99. The molecule has 0 bridgehead atoms. The smallest absolute Gasteiger partial charge is 0.277 e. The van der Waals surface area contributed by atoms with Crippen LogP contribution in [-0.2, 0) is 4.79 Å². The molecule has 1 unspecified atom stereocenters. The Balaban J connectivity index is 1.57. The summed E-state index contributed by atoms with van der Waals surface area (Å²) in [7, 11) is 0. The molecule has 1 aliphatic rings. The molecule has 1 aliphatic carbocycles.